The Morgan fingerprint density at radius 2 is 1.60 bits per heavy atom. The van der Waals surface area contributed by atoms with Crippen molar-refractivity contribution in [3.8, 4) is 5.75 Å². The van der Waals surface area contributed by atoms with Crippen molar-refractivity contribution < 1.29 is 13.2 Å². The molecular weight excluding hydrogens is 298 g/mol. The molecule has 0 saturated carbocycles. The van der Waals surface area contributed by atoms with Crippen LogP contribution in [0, 0.1) is 0 Å². The van der Waals surface area contributed by atoms with Gasteiger partial charge in [-0.2, -0.15) is 0 Å². The molecular formula is C14H14ClNO3S. The molecule has 0 aliphatic rings. The second kappa shape index (κ2) is 6.15. The molecule has 0 heterocycles. The lowest BCUT2D eigenvalue weighted by atomic mass is 10.3. The monoisotopic (exact) mass is 311 g/mol. The molecule has 20 heavy (non-hydrogen) atoms. The Morgan fingerprint density at radius 3 is 2.20 bits per heavy atom. The summed E-state index contributed by atoms with van der Waals surface area (Å²) in [5, 5.41) is 0.502. The number of nitrogen functional groups attached to an aromatic ring is 1. The Labute approximate surface area is 123 Å². The zero-order valence-corrected chi connectivity index (χ0v) is 12.2. The van der Waals surface area contributed by atoms with Gasteiger partial charge >= 0.3 is 0 Å². The molecule has 2 aromatic carbocycles. The number of sulfone groups is 1. The lowest BCUT2D eigenvalue weighted by Crippen LogP contribution is -2.14. The van der Waals surface area contributed by atoms with Crippen LogP contribution < -0.4 is 10.5 Å². The van der Waals surface area contributed by atoms with Gasteiger partial charge in [0.15, 0.2) is 9.84 Å². The Kier molecular flexibility index (Phi) is 4.52. The summed E-state index contributed by atoms with van der Waals surface area (Å²) in [5.74, 6) is 0.490. The fourth-order valence-corrected chi connectivity index (χ4v) is 2.81. The van der Waals surface area contributed by atoms with Crippen molar-refractivity contribution in [3.63, 3.8) is 0 Å². The summed E-state index contributed by atoms with van der Waals surface area (Å²) in [7, 11) is -3.36. The highest BCUT2D eigenvalue weighted by atomic mass is 35.5. The van der Waals surface area contributed by atoms with Crippen LogP contribution in [-0.4, -0.2) is 20.8 Å². The number of ether oxygens (including phenoxy) is 1. The first-order valence-electron chi connectivity index (χ1n) is 5.94. The number of halogens is 1. The Hall–Kier alpha value is -1.72. The predicted octanol–water partition coefficient (Wildman–Crippen LogP) is 2.77. The van der Waals surface area contributed by atoms with E-state index in [0.29, 0.717) is 16.5 Å². The Balaban J connectivity index is 1.96. The molecule has 0 spiro atoms. The molecule has 0 fully saturated rings. The Bertz CT molecular complexity index is 667. The predicted molar refractivity (Wildman–Crippen MR) is 79.9 cm³/mol. The van der Waals surface area contributed by atoms with Crippen LogP contribution in [0.25, 0.3) is 0 Å². The van der Waals surface area contributed by atoms with Gasteiger partial charge in [0.25, 0.3) is 0 Å². The van der Waals surface area contributed by atoms with E-state index in [2.05, 4.69) is 0 Å². The summed E-state index contributed by atoms with van der Waals surface area (Å²) in [6.07, 6.45) is 0. The minimum atomic E-state index is -3.36. The molecule has 0 unspecified atom stereocenters. The van der Waals surface area contributed by atoms with Gasteiger partial charge in [0.05, 0.1) is 10.6 Å². The third-order valence-corrected chi connectivity index (χ3v) is 4.62. The zero-order valence-electron chi connectivity index (χ0n) is 10.6. The molecule has 2 aromatic rings. The van der Waals surface area contributed by atoms with Gasteiger partial charge in [-0.25, -0.2) is 8.42 Å². The van der Waals surface area contributed by atoms with Crippen LogP contribution in [0.3, 0.4) is 0 Å². The SMILES string of the molecule is Nc1ccc(OCCS(=O)(=O)c2ccc(Cl)cc2)cc1. The van der Waals surface area contributed by atoms with Gasteiger partial charge in [-0.1, -0.05) is 11.6 Å². The molecule has 106 valence electrons. The fraction of sp³-hybridized carbons (Fsp3) is 0.143. The van der Waals surface area contributed by atoms with Gasteiger partial charge in [0.2, 0.25) is 0 Å². The highest BCUT2D eigenvalue weighted by Gasteiger charge is 2.14. The van der Waals surface area contributed by atoms with E-state index in [-0.39, 0.29) is 17.3 Å². The average molecular weight is 312 g/mol. The van der Waals surface area contributed by atoms with Crippen molar-refractivity contribution in [2.75, 3.05) is 18.1 Å². The van der Waals surface area contributed by atoms with Crippen molar-refractivity contribution in [1.29, 1.82) is 0 Å². The number of anilines is 1. The van der Waals surface area contributed by atoms with E-state index in [9.17, 15) is 8.42 Å². The van der Waals surface area contributed by atoms with E-state index in [4.69, 9.17) is 22.1 Å². The number of benzene rings is 2. The number of hydrogen-bond acceptors (Lipinski definition) is 4. The van der Waals surface area contributed by atoms with Crippen LogP contribution in [0.1, 0.15) is 0 Å². The molecule has 0 atom stereocenters. The maximum atomic E-state index is 12.0. The van der Waals surface area contributed by atoms with Gasteiger partial charge in [0, 0.05) is 10.7 Å². The van der Waals surface area contributed by atoms with Gasteiger partial charge in [-0.05, 0) is 48.5 Å². The highest BCUT2D eigenvalue weighted by Crippen LogP contribution is 2.16. The first kappa shape index (κ1) is 14.7. The highest BCUT2D eigenvalue weighted by molar-refractivity contribution is 7.91. The number of rotatable bonds is 5. The van der Waals surface area contributed by atoms with Crippen molar-refractivity contribution in [3.05, 3.63) is 53.6 Å². The topological polar surface area (TPSA) is 69.4 Å². The quantitative estimate of drug-likeness (QED) is 0.862. The van der Waals surface area contributed by atoms with E-state index < -0.39 is 9.84 Å². The lowest BCUT2D eigenvalue weighted by molar-refractivity contribution is 0.341. The van der Waals surface area contributed by atoms with Crippen LogP contribution in [0.15, 0.2) is 53.4 Å². The maximum Gasteiger partial charge on any atom is 0.181 e. The molecule has 4 nitrogen and oxygen atoms in total. The number of nitrogens with two attached hydrogens (primary N) is 1. The summed E-state index contributed by atoms with van der Waals surface area (Å²) >= 11 is 5.73. The summed E-state index contributed by atoms with van der Waals surface area (Å²) in [6, 6.07) is 12.9. The van der Waals surface area contributed by atoms with Crippen molar-refractivity contribution in [1.82, 2.24) is 0 Å². The lowest BCUT2D eigenvalue weighted by Gasteiger charge is -2.07. The van der Waals surface area contributed by atoms with Gasteiger partial charge < -0.3 is 10.5 Å². The largest absolute Gasteiger partial charge is 0.493 e. The van der Waals surface area contributed by atoms with Crippen molar-refractivity contribution >= 4 is 27.1 Å². The van der Waals surface area contributed by atoms with Gasteiger partial charge in [0.1, 0.15) is 12.4 Å². The van der Waals surface area contributed by atoms with Crippen LogP contribution >= 0.6 is 11.6 Å². The van der Waals surface area contributed by atoms with Crippen LogP contribution in [0.4, 0.5) is 5.69 Å². The first-order chi connectivity index (χ1) is 9.47. The van der Waals surface area contributed by atoms with Crippen molar-refractivity contribution in [2.45, 2.75) is 4.90 Å². The minimum absolute atomic E-state index is 0.0783. The molecule has 6 heteroatoms. The molecule has 0 aliphatic carbocycles. The second-order valence-electron chi connectivity index (χ2n) is 4.19. The molecule has 0 aliphatic heterocycles. The molecule has 0 saturated heterocycles. The van der Waals surface area contributed by atoms with E-state index in [0.717, 1.165) is 0 Å². The smallest absolute Gasteiger partial charge is 0.181 e. The zero-order chi connectivity index (χ0) is 14.6. The first-order valence-corrected chi connectivity index (χ1v) is 7.97. The third kappa shape index (κ3) is 3.88. The normalized spacial score (nSPS) is 11.2. The standard InChI is InChI=1S/C14H14ClNO3S/c15-11-1-7-14(8-2-11)20(17,18)10-9-19-13-5-3-12(16)4-6-13/h1-8H,9-10,16H2. The van der Waals surface area contributed by atoms with Crippen LogP contribution in [-0.2, 0) is 9.84 Å². The Morgan fingerprint density at radius 1 is 1.00 bits per heavy atom. The molecule has 2 rings (SSSR count). The fourth-order valence-electron chi connectivity index (χ4n) is 1.59. The third-order valence-electron chi connectivity index (χ3n) is 2.67. The summed E-state index contributed by atoms with van der Waals surface area (Å²) in [4.78, 5) is 0.239. The van der Waals surface area contributed by atoms with Crippen molar-refractivity contribution in [2.24, 2.45) is 0 Å². The maximum absolute atomic E-state index is 12.0. The van der Waals surface area contributed by atoms with Gasteiger partial charge in [-0.15, -0.1) is 0 Å². The summed E-state index contributed by atoms with van der Waals surface area (Å²) in [6.45, 7) is 0.0783. The molecule has 0 bridgehead atoms. The molecule has 0 amide bonds. The van der Waals surface area contributed by atoms with Gasteiger partial charge in [-0.3, -0.25) is 0 Å². The second-order valence-corrected chi connectivity index (χ2v) is 6.74. The van der Waals surface area contributed by atoms with Crippen LogP contribution in [0.2, 0.25) is 5.02 Å². The summed E-state index contributed by atoms with van der Waals surface area (Å²) < 4.78 is 29.5. The van der Waals surface area contributed by atoms with E-state index >= 15 is 0 Å². The molecule has 0 radical (unpaired) electrons. The molecule has 2 N–H and O–H groups in total. The minimum Gasteiger partial charge on any atom is -0.493 e. The van der Waals surface area contributed by atoms with E-state index in [1.807, 2.05) is 0 Å². The molecule has 0 aromatic heterocycles. The van der Waals surface area contributed by atoms with E-state index in [1.54, 1.807) is 36.4 Å². The summed E-state index contributed by atoms with van der Waals surface area (Å²) in [5.41, 5.74) is 6.18. The average Bonchev–Trinajstić information content (AvgIpc) is 2.41. The number of hydrogen-bond donors (Lipinski definition) is 1. The van der Waals surface area contributed by atoms with E-state index in [1.165, 1.54) is 12.1 Å². The van der Waals surface area contributed by atoms with Crippen LogP contribution in [0.5, 0.6) is 5.75 Å².